The van der Waals surface area contributed by atoms with Gasteiger partial charge in [0.1, 0.15) is 6.61 Å². The molecule has 3 aromatic rings. The molecular formula is C20H22N4O3. The van der Waals surface area contributed by atoms with Crippen LogP contribution in [0.5, 0.6) is 5.88 Å². The van der Waals surface area contributed by atoms with E-state index in [1.807, 2.05) is 30.5 Å². The van der Waals surface area contributed by atoms with Crippen LogP contribution in [0.4, 0.5) is 5.69 Å². The van der Waals surface area contributed by atoms with Gasteiger partial charge in [0.15, 0.2) is 0 Å². The molecule has 1 fully saturated rings. The van der Waals surface area contributed by atoms with E-state index < -0.39 is 0 Å². The van der Waals surface area contributed by atoms with E-state index in [0.717, 1.165) is 43.8 Å². The number of hydrogen-bond donors (Lipinski definition) is 2. The van der Waals surface area contributed by atoms with Gasteiger partial charge < -0.3 is 19.8 Å². The number of hydrogen-bond acceptors (Lipinski definition) is 5. The smallest absolute Gasteiger partial charge is 0.255 e. The van der Waals surface area contributed by atoms with Crippen molar-refractivity contribution in [3.8, 4) is 5.88 Å². The second-order valence-electron chi connectivity index (χ2n) is 6.42. The molecule has 7 heteroatoms. The molecule has 27 heavy (non-hydrogen) atoms. The number of aromatic nitrogens is 2. The number of pyridine rings is 1. The van der Waals surface area contributed by atoms with Gasteiger partial charge in [0, 0.05) is 43.0 Å². The van der Waals surface area contributed by atoms with Crippen LogP contribution in [0.15, 0.2) is 48.8 Å². The fourth-order valence-corrected chi connectivity index (χ4v) is 3.04. The van der Waals surface area contributed by atoms with E-state index >= 15 is 0 Å². The average molecular weight is 366 g/mol. The number of aromatic amines is 1. The maximum Gasteiger partial charge on any atom is 0.255 e. The first-order valence-electron chi connectivity index (χ1n) is 9.05. The molecule has 2 aromatic heterocycles. The first kappa shape index (κ1) is 17.5. The Labute approximate surface area is 157 Å². The van der Waals surface area contributed by atoms with Gasteiger partial charge in [-0.25, -0.2) is 4.98 Å². The van der Waals surface area contributed by atoms with E-state index in [9.17, 15) is 4.79 Å². The summed E-state index contributed by atoms with van der Waals surface area (Å²) in [6.45, 7) is 4.87. The van der Waals surface area contributed by atoms with E-state index in [1.54, 1.807) is 18.3 Å². The molecule has 0 spiro atoms. The van der Waals surface area contributed by atoms with E-state index in [0.29, 0.717) is 23.7 Å². The molecule has 140 valence electrons. The normalized spacial score (nSPS) is 15.0. The van der Waals surface area contributed by atoms with Gasteiger partial charge in [0.05, 0.1) is 25.1 Å². The molecule has 0 unspecified atom stereocenters. The molecule has 1 aliphatic heterocycles. The molecule has 7 nitrogen and oxygen atoms in total. The molecule has 0 saturated carbocycles. The molecule has 0 aliphatic carbocycles. The van der Waals surface area contributed by atoms with Gasteiger partial charge in [-0.1, -0.05) is 6.07 Å². The van der Waals surface area contributed by atoms with Crippen molar-refractivity contribution in [3.05, 3.63) is 54.4 Å². The quantitative estimate of drug-likeness (QED) is 0.701. The molecule has 1 amide bonds. The highest BCUT2D eigenvalue weighted by molar-refractivity contribution is 6.06. The Morgan fingerprint density at radius 1 is 1.22 bits per heavy atom. The Kier molecular flexibility index (Phi) is 5.32. The van der Waals surface area contributed by atoms with Gasteiger partial charge in [-0.2, -0.15) is 0 Å². The van der Waals surface area contributed by atoms with Crippen molar-refractivity contribution in [1.29, 1.82) is 0 Å². The number of anilines is 1. The number of ether oxygens (including phenoxy) is 2. The zero-order chi connectivity index (χ0) is 18.5. The Bertz CT molecular complexity index is 901. The van der Waals surface area contributed by atoms with Gasteiger partial charge in [0.2, 0.25) is 5.88 Å². The lowest BCUT2D eigenvalue weighted by atomic mass is 10.1. The third-order valence-corrected chi connectivity index (χ3v) is 4.57. The van der Waals surface area contributed by atoms with Crippen LogP contribution in [0, 0.1) is 0 Å². The maximum absolute atomic E-state index is 12.4. The van der Waals surface area contributed by atoms with Crippen LogP contribution in [-0.2, 0) is 4.74 Å². The fourth-order valence-electron chi connectivity index (χ4n) is 3.04. The van der Waals surface area contributed by atoms with Crippen LogP contribution in [0.2, 0.25) is 0 Å². The van der Waals surface area contributed by atoms with Gasteiger partial charge in [-0.15, -0.1) is 0 Å². The highest BCUT2D eigenvalue weighted by atomic mass is 16.5. The number of benzene rings is 1. The second-order valence-corrected chi connectivity index (χ2v) is 6.42. The molecule has 2 N–H and O–H groups in total. The number of nitrogens with zero attached hydrogens (tertiary/aromatic N) is 2. The minimum atomic E-state index is -0.172. The third-order valence-electron chi connectivity index (χ3n) is 4.57. The van der Waals surface area contributed by atoms with Crippen LogP contribution in [-0.4, -0.2) is 60.2 Å². The number of carbonyl (C=O) groups is 1. The number of amides is 1. The van der Waals surface area contributed by atoms with E-state index in [4.69, 9.17) is 9.47 Å². The molecule has 0 atom stereocenters. The van der Waals surface area contributed by atoms with Gasteiger partial charge in [-0.05, 0) is 29.7 Å². The lowest BCUT2D eigenvalue weighted by Crippen LogP contribution is -2.38. The Balaban J connectivity index is 1.29. The largest absolute Gasteiger partial charge is 0.476 e. The van der Waals surface area contributed by atoms with Crippen molar-refractivity contribution in [2.45, 2.75) is 0 Å². The summed E-state index contributed by atoms with van der Waals surface area (Å²) in [7, 11) is 0. The van der Waals surface area contributed by atoms with Crippen LogP contribution in [0.1, 0.15) is 10.4 Å². The van der Waals surface area contributed by atoms with Crippen molar-refractivity contribution in [2.75, 3.05) is 44.8 Å². The number of carbonyl (C=O) groups excluding carboxylic acids is 1. The molecule has 3 heterocycles. The summed E-state index contributed by atoms with van der Waals surface area (Å²) in [6, 6.07) is 11.1. The van der Waals surface area contributed by atoms with Crippen molar-refractivity contribution in [2.24, 2.45) is 0 Å². The summed E-state index contributed by atoms with van der Waals surface area (Å²) >= 11 is 0. The second kappa shape index (κ2) is 8.20. The van der Waals surface area contributed by atoms with Gasteiger partial charge in [-0.3, -0.25) is 9.69 Å². The number of rotatable bonds is 6. The maximum atomic E-state index is 12.4. The number of fused-ring (bicyclic) bond motifs is 1. The first-order chi connectivity index (χ1) is 13.3. The molecule has 0 bridgehead atoms. The fraction of sp³-hybridized carbons (Fsp3) is 0.300. The van der Waals surface area contributed by atoms with Crippen LogP contribution in [0.3, 0.4) is 0 Å². The Morgan fingerprint density at radius 3 is 2.93 bits per heavy atom. The minimum Gasteiger partial charge on any atom is -0.476 e. The highest BCUT2D eigenvalue weighted by Crippen LogP contribution is 2.17. The number of nitrogens with one attached hydrogen (secondary N) is 2. The first-order valence-corrected chi connectivity index (χ1v) is 9.05. The summed E-state index contributed by atoms with van der Waals surface area (Å²) in [5, 5.41) is 3.93. The predicted molar refractivity (Wildman–Crippen MR) is 103 cm³/mol. The molecule has 0 radical (unpaired) electrons. The van der Waals surface area contributed by atoms with Crippen molar-refractivity contribution < 1.29 is 14.3 Å². The van der Waals surface area contributed by atoms with E-state index in [1.165, 1.54) is 0 Å². The van der Waals surface area contributed by atoms with Crippen molar-refractivity contribution in [3.63, 3.8) is 0 Å². The number of H-pyrrole nitrogens is 1. The van der Waals surface area contributed by atoms with Crippen LogP contribution in [0.25, 0.3) is 10.9 Å². The van der Waals surface area contributed by atoms with Crippen LogP contribution >= 0.6 is 0 Å². The summed E-state index contributed by atoms with van der Waals surface area (Å²) in [6.07, 6.45) is 3.46. The van der Waals surface area contributed by atoms with Gasteiger partial charge in [0.25, 0.3) is 5.91 Å². The minimum absolute atomic E-state index is 0.172. The Hall–Kier alpha value is -2.90. The van der Waals surface area contributed by atoms with Crippen molar-refractivity contribution in [1.82, 2.24) is 14.9 Å². The molecule has 1 aliphatic rings. The summed E-state index contributed by atoms with van der Waals surface area (Å²) in [5.41, 5.74) is 2.16. The summed E-state index contributed by atoms with van der Waals surface area (Å²) in [5.74, 6) is 0.378. The average Bonchev–Trinajstić information content (AvgIpc) is 3.18. The van der Waals surface area contributed by atoms with Crippen LogP contribution < -0.4 is 10.1 Å². The van der Waals surface area contributed by atoms with E-state index in [2.05, 4.69) is 20.2 Å². The zero-order valence-electron chi connectivity index (χ0n) is 15.0. The SMILES string of the molecule is O=C(Nc1ccc(OCCN2CCOCC2)nc1)c1ccc2cc[nH]c2c1. The van der Waals surface area contributed by atoms with E-state index in [-0.39, 0.29) is 5.91 Å². The highest BCUT2D eigenvalue weighted by Gasteiger charge is 2.10. The third kappa shape index (κ3) is 4.45. The predicted octanol–water partition coefficient (Wildman–Crippen LogP) is 2.53. The topological polar surface area (TPSA) is 79.5 Å². The Morgan fingerprint density at radius 2 is 2.11 bits per heavy atom. The van der Waals surface area contributed by atoms with Gasteiger partial charge >= 0.3 is 0 Å². The summed E-state index contributed by atoms with van der Waals surface area (Å²) < 4.78 is 11.0. The molecule has 1 aromatic carbocycles. The summed E-state index contributed by atoms with van der Waals surface area (Å²) in [4.78, 5) is 22.1. The lowest BCUT2D eigenvalue weighted by molar-refractivity contribution is 0.0320. The monoisotopic (exact) mass is 366 g/mol. The lowest BCUT2D eigenvalue weighted by Gasteiger charge is -2.26. The molecular weight excluding hydrogens is 344 g/mol. The van der Waals surface area contributed by atoms with Crippen molar-refractivity contribution >= 4 is 22.5 Å². The standard InChI is InChI=1S/C20H22N4O3/c25-20(16-2-1-15-5-6-21-18(15)13-16)23-17-3-4-19(22-14-17)27-12-9-24-7-10-26-11-8-24/h1-6,13-14,21H,7-12H2,(H,23,25). The zero-order valence-corrected chi connectivity index (χ0v) is 15.0. The molecule has 4 rings (SSSR count). The molecule has 1 saturated heterocycles. The number of morpholine rings is 1.